The Morgan fingerprint density at radius 1 is 1.04 bits per heavy atom. The predicted molar refractivity (Wildman–Crippen MR) is 103 cm³/mol. The normalized spacial score (nSPS) is 13.0. The van der Waals surface area contributed by atoms with Gasteiger partial charge in [-0.3, -0.25) is 4.79 Å². The van der Waals surface area contributed by atoms with Crippen molar-refractivity contribution in [2.45, 2.75) is 39.0 Å². The topological polar surface area (TPSA) is 102 Å². The minimum absolute atomic E-state index is 0.0559. The molecule has 0 heterocycles. The van der Waals surface area contributed by atoms with E-state index in [0.717, 1.165) is 11.1 Å². The largest absolute Gasteiger partial charge is 0.508 e. The van der Waals surface area contributed by atoms with Gasteiger partial charge in [-0.15, -0.1) is 0 Å². The summed E-state index contributed by atoms with van der Waals surface area (Å²) < 4.78 is 5.38. The number of benzene rings is 2. The lowest BCUT2D eigenvalue weighted by Gasteiger charge is -2.21. The zero-order chi connectivity index (χ0) is 19.8. The molecule has 0 spiro atoms. The van der Waals surface area contributed by atoms with Crippen LogP contribution in [0.4, 0.5) is 0 Å². The Bertz CT molecular complexity index is 745. The number of aromatic hydroxyl groups is 1. The summed E-state index contributed by atoms with van der Waals surface area (Å²) >= 11 is 0. The Hall–Kier alpha value is -2.86. The van der Waals surface area contributed by atoms with E-state index in [1.807, 2.05) is 44.2 Å². The van der Waals surface area contributed by atoms with Crippen LogP contribution in [-0.4, -0.2) is 29.1 Å². The number of rotatable bonds is 8. The van der Waals surface area contributed by atoms with E-state index in [1.54, 1.807) is 12.1 Å². The Labute approximate surface area is 159 Å². The van der Waals surface area contributed by atoms with Crippen molar-refractivity contribution in [3.8, 4) is 5.75 Å². The van der Waals surface area contributed by atoms with Crippen molar-refractivity contribution in [1.82, 2.24) is 5.32 Å². The molecule has 2 rings (SSSR count). The van der Waals surface area contributed by atoms with Crippen LogP contribution in [0.5, 0.6) is 5.75 Å². The minimum Gasteiger partial charge on any atom is -0.508 e. The second-order valence-corrected chi connectivity index (χ2v) is 6.79. The molecule has 2 aromatic carbocycles. The second kappa shape index (κ2) is 9.73. The van der Waals surface area contributed by atoms with E-state index < -0.39 is 24.0 Å². The molecule has 6 heteroatoms. The molecule has 27 heavy (non-hydrogen) atoms. The molecule has 0 saturated carbocycles. The highest BCUT2D eigenvalue weighted by Gasteiger charge is 2.26. The molecule has 2 aromatic rings. The second-order valence-electron chi connectivity index (χ2n) is 6.79. The zero-order valence-electron chi connectivity index (χ0n) is 15.6. The van der Waals surface area contributed by atoms with E-state index in [1.165, 1.54) is 12.1 Å². The van der Waals surface area contributed by atoms with E-state index in [2.05, 4.69) is 5.32 Å². The van der Waals surface area contributed by atoms with E-state index in [0.29, 0.717) is 0 Å². The first-order valence-corrected chi connectivity index (χ1v) is 8.91. The lowest BCUT2D eigenvalue weighted by atomic mass is 10.0. The SMILES string of the molecule is CC(C)[C@H](N)C(=O)N[C@@H](Cc1ccc(O)cc1)C(=O)OCc1ccccc1. The zero-order valence-corrected chi connectivity index (χ0v) is 15.6. The number of amides is 1. The number of esters is 1. The Kier molecular flexibility index (Phi) is 7.37. The number of phenolic OH excluding ortho intramolecular Hbond substituents is 1. The number of hydrogen-bond donors (Lipinski definition) is 3. The van der Waals surface area contributed by atoms with Crippen molar-refractivity contribution in [1.29, 1.82) is 0 Å². The third kappa shape index (κ3) is 6.42. The van der Waals surface area contributed by atoms with Crippen molar-refractivity contribution in [3.63, 3.8) is 0 Å². The lowest BCUT2D eigenvalue weighted by molar-refractivity contribution is -0.149. The standard InChI is InChI=1S/C21H26N2O4/c1-14(2)19(22)20(25)23-18(12-15-8-10-17(24)11-9-15)21(26)27-13-16-6-4-3-5-7-16/h3-11,14,18-19,24H,12-13,22H2,1-2H3,(H,23,25)/t18-,19-/m0/s1. The molecule has 0 aromatic heterocycles. The van der Waals surface area contributed by atoms with Crippen molar-refractivity contribution < 1.29 is 19.4 Å². The van der Waals surface area contributed by atoms with Gasteiger partial charge >= 0.3 is 5.97 Å². The summed E-state index contributed by atoms with van der Waals surface area (Å²) in [6, 6.07) is 14.2. The van der Waals surface area contributed by atoms with Gasteiger partial charge in [-0.2, -0.15) is 0 Å². The molecule has 144 valence electrons. The highest BCUT2D eigenvalue weighted by Crippen LogP contribution is 2.13. The summed E-state index contributed by atoms with van der Waals surface area (Å²) in [5.41, 5.74) is 7.54. The fourth-order valence-electron chi connectivity index (χ4n) is 2.46. The number of carbonyl (C=O) groups is 2. The molecular formula is C21H26N2O4. The molecule has 0 aliphatic rings. The summed E-state index contributed by atoms with van der Waals surface area (Å²) in [5, 5.41) is 12.1. The molecule has 1 amide bonds. The van der Waals surface area contributed by atoms with Crippen molar-refractivity contribution >= 4 is 11.9 Å². The van der Waals surface area contributed by atoms with Gasteiger partial charge in [0, 0.05) is 6.42 Å². The van der Waals surface area contributed by atoms with E-state index in [-0.39, 0.29) is 24.7 Å². The van der Waals surface area contributed by atoms with Gasteiger partial charge in [0.2, 0.25) is 5.91 Å². The maximum atomic E-state index is 12.6. The monoisotopic (exact) mass is 370 g/mol. The third-order valence-electron chi connectivity index (χ3n) is 4.22. The Morgan fingerprint density at radius 3 is 2.26 bits per heavy atom. The number of nitrogens with one attached hydrogen (secondary N) is 1. The molecule has 0 bridgehead atoms. The first-order valence-electron chi connectivity index (χ1n) is 8.91. The van der Waals surface area contributed by atoms with Gasteiger partial charge in [0.25, 0.3) is 0 Å². The van der Waals surface area contributed by atoms with Gasteiger partial charge in [-0.1, -0.05) is 56.3 Å². The number of carbonyl (C=O) groups excluding carboxylic acids is 2. The summed E-state index contributed by atoms with van der Waals surface area (Å²) in [7, 11) is 0. The number of phenols is 1. The van der Waals surface area contributed by atoms with Crippen LogP contribution in [0.15, 0.2) is 54.6 Å². The van der Waals surface area contributed by atoms with Crippen molar-refractivity contribution in [2.75, 3.05) is 0 Å². The van der Waals surface area contributed by atoms with Gasteiger partial charge in [0.15, 0.2) is 0 Å². The quantitative estimate of drug-likeness (QED) is 0.618. The lowest BCUT2D eigenvalue weighted by Crippen LogP contribution is -2.51. The van der Waals surface area contributed by atoms with Gasteiger partial charge < -0.3 is 20.9 Å². The van der Waals surface area contributed by atoms with Crippen LogP contribution in [-0.2, 0) is 27.4 Å². The van der Waals surface area contributed by atoms with Crippen LogP contribution >= 0.6 is 0 Å². The van der Waals surface area contributed by atoms with Crippen LogP contribution in [0, 0.1) is 5.92 Å². The average molecular weight is 370 g/mol. The van der Waals surface area contributed by atoms with Crippen LogP contribution < -0.4 is 11.1 Å². The van der Waals surface area contributed by atoms with Crippen LogP contribution in [0.1, 0.15) is 25.0 Å². The van der Waals surface area contributed by atoms with E-state index in [9.17, 15) is 14.7 Å². The van der Waals surface area contributed by atoms with Gasteiger partial charge in [-0.25, -0.2) is 4.79 Å². The third-order valence-corrected chi connectivity index (χ3v) is 4.22. The fraction of sp³-hybridized carbons (Fsp3) is 0.333. The molecule has 0 unspecified atom stereocenters. The molecular weight excluding hydrogens is 344 g/mol. The summed E-state index contributed by atoms with van der Waals surface area (Å²) in [4.78, 5) is 24.9. The maximum Gasteiger partial charge on any atom is 0.329 e. The van der Waals surface area contributed by atoms with E-state index in [4.69, 9.17) is 10.5 Å². The molecule has 0 fully saturated rings. The highest BCUT2D eigenvalue weighted by atomic mass is 16.5. The Balaban J connectivity index is 2.08. The van der Waals surface area contributed by atoms with Gasteiger partial charge in [0.1, 0.15) is 18.4 Å². The first-order chi connectivity index (χ1) is 12.9. The first kappa shape index (κ1) is 20.5. The molecule has 0 aliphatic heterocycles. The van der Waals surface area contributed by atoms with Crippen LogP contribution in [0.2, 0.25) is 0 Å². The van der Waals surface area contributed by atoms with Crippen LogP contribution in [0.25, 0.3) is 0 Å². The highest BCUT2D eigenvalue weighted by molar-refractivity contribution is 5.87. The maximum absolute atomic E-state index is 12.6. The number of hydrogen-bond acceptors (Lipinski definition) is 5. The van der Waals surface area contributed by atoms with E-state index >= 15 is 0 Å². The Morgan fingerprint density at radius 2 is 1.67 bits per heavy atom. The average Bonchev–Trinajstić information content (AvgIpc) is 2.67. The summed E-state index contributed by atoms with van der Waals surface area (Å²) in [5.74, 6) is -0.853. The fourth-order valence-corrected chi connectivity index (χ4v) is 2.46. The number of ether oxygens (including phenoxy) is 1. The molecule has 4 N–H and O–H groups in total. The van der Waals surface area contributed by atoms with Gasteiger partial charge in [0.05, 0.1) is 6.04 Å². The summed E-state index contributed by atoms with van der Waals surface area (Å²) in [6.07, 6.45) is 0.241. The summed E-state index contributed by atoms with van der Waals surface area (Å²) in [6.45, 7) is 3.80. The molecule has 0 aliphatic carbocycles. The minimum atomic E-state index is -0.865. The number of nitrogens with two attached hydrogens (primary N) is 1. The van der Waals surface area contributed by atoms with Gasteiger partial charge in [-0.05, 0) is 29.2 Å². The van der Waals surface area contributed by atoms with Crippen LogP contribution in [0.3, 0.4) is 0 Å². The molecule has 0 radical (unpaired) electrons. The molecule has 6 nitrogen and oxygen atoms in total. The van der Waals surface area contributed by atoms with Crippen molar-refractivity contribution in [2.24, 2.45) is 11.7 Å². The predicted octanol–water partition coefficient (Wildman–Crippen LogP) is 2.15. The smallest absolute Gasteiger partial charge is 0.329 e. The van der Waals surface area contributed by atoms with Crippen molar-refractivity contribution in [3.05, 3.63) is 65.7 Å². The molecule has 0 saturated heterocycles. The molecule has 2 atom stereocenters.